The molecule has 0 aliphatic carbocycles. The lowest BCUT2D eigenvalue weighted by molar-refractivity contribution is 0.253. The van der Waals surface area contributed by atoms with Gasteiger partial charge in [-0.05, 0) is 30.2 Å². The Hall–Kier alpha value is -1.27. The highest BCUT2D eigenvalue weighted by atomic mass is 32.2. The molecule has 0 saturated carbocycles. The third kappa shape index (κ3) is 3.10. The summed E-state index contributed by atoms with van der Waals surface area (Å²) in [4.78, 5) is 0. The Morgan fingerprint density at radius 2 is 2.24 bits per heavy atom. The van der Waals surface area contributed by atoms with Crippen LogP contribution in [0.15, 0.2) is 18.2 Å². The van der Waals surface area contributed by atoms with Crippen LogP contribution in [0.5, 0.6) is 11.5 Å². The lowest BCUT2D eigenvalue weighted by Crippen LogP contribution is -2.42. The van der Waals surface area contributed by atoms with Gasteiger partial charge < -0.3 is 9.47 Å². The van der Waals surface area contributed by atoms with Gasteiger partial charge in [0.1, 0.15) is 18.1 Å². The molecule has 1 unspecified atom stereocenters. The monoisotopic (exact) mass is 257 g/mol. The van der Waals surface area contributed by atoms with Crippen molar-refractivity contribution >= 4 is 10.0 Å². The van der Waals surface area contributed by atoms with E-state index in [0.717, 1.165) is 23.3 Å². The van der Waals surface area contributed by atoms with Crippen LogP contribution in [0.4, 0.5) is 0 Å². The average Bonchev–Trinajstić information content (AvgIpc) is 2.26. The molecule has 0 amide bonds. The minimum atomic E-state index is -3.20. The van der Waals surface area contributed by atoms with Crippen molar-refractivity contribution in [3.63, 3.8) is 0 Å². The molecule has 1 N–H and O–H groups in total. The van der Waals surface area contributed by atoms with Crippen molar-refractivity contribution in [1.82, 2.24) is 4.72 Å². The van der Waals surface area contributed by atoms with E-state index in [-0.39, 0.29) is 6.04 Å². The number of fused-ring (bicyclic) bond motifs is 1. The molecule has 0 bridgehead atoms. The van der Waals surface area contributed by atoms with Crippen LogP contribution >= 0.6 is 0 Å². The quantitative estimate of drug-likeness (QED) is 0.858. The first-order valence-corrected chi connectivity index (χ1v) is 7.14. The van der Waals surface area contributed by atoms with Crippen LogP contribution in [0.3, 0.4) is 0 Å². The molecule has 0 aromatic heterocycles. The Morgan fingerprint density at radius 1 is 1.47 bits per heavy atom. The van der Waals surface area contributed by atoms with Gasteiger partial charge in [-0.2, -0.15) is 0 Å². The summed E-state index contributed by atoms with van der Waals surface area (Å²) in [7, 11) is -1.61. The van der Waals surface area contributed by atoms with Crippen molar-refractivity contribution in [1.29, 1.82) is 0 Å². The molecule has 2 rings (SSSR count). The number of methoxy groups -OCH3 is 1. The highest BCUT2D eigenvalue weighted by Gasteiger charge is 2.22. The largest absolute Gasteiger partial charge is 0.497 e. The minimum absolute atomic E-state index is 0.218. The highest BCUT2D eigenvalue weighted by Crippen LogP contribution is 2.28. The van der Waals surface area contributed by atoms with Crippen molar-refractivity contribution in [3.05, 3.63) is 23.8 Å². The van der Waals surface area contributed by atoms with Gasteiger partial charge in [0.2, 0.25) is 10.0 Å². The van der Waals surface area contributed by atoms with E-state index in [0.29, 0.717) is 13.0 Å². The van der Waals surface area contributed by atoms with Gasteiger partial charge in [0.05, 0.1) is 19.4 Å². The lowest BCUT2D eigenvalue weighted by Gasteiger charge is -2.25. The maximum atomic E-state index is 11.1. The Bertz CT molecular complexity index is 512. The van der Waals surface area contributed by atoms with Gasteiger partial charge in [0, 0.05) is 0 Å². The highest BCUT2D eigenvalue weighted by molar-refractivity contribution is 7.88. The molecule has 6 heteroatoms. The summed E-state index contributed by atoms with van der Waals surface area (Å²) in [6, 6.07) is 5.31. The maximum absolute atomic E-state index is 11.1. The van der Waals surface area contributed by atoms with Crippen LogP contribution in [-0.4, -0.2) is 34.4 Å². The van der Waals surface area contributed by atoms with Crippen molar-refractivity contribution in [3.8, 4) is 11.5 Å². The Kier molecular flexibility index (Phi) is 3.26. The molecular weight excluding hydrogens is 242 g/mol. The number of benzene rings is 1. The SMILES string of the molecule is COc1ccc2c(c1)CC(NS(C)(=O)=O)CO2. The second-order valence-corrected chi connectivity index (χ2v) is 5.86. The molecule has 0 spiro atoms. The van der Waals surface area contributed by atoms with Crippen LogP contribution < -0.4 is 14.2 Å². The predicted molar refractivity (Wildman–Crippen MR) is 64.0 cm³/mol. The van der Waals surface area contributed by atoms with Crippen molar-refractivity contribution in [2.75, 3.05) is 20.0 Å². The number of hydrogen-bond donors (Lipinski definition) is 1. The summed E-state index contributed by atoms with van der Waals surface area (Å²) < 4.78 is 35.5. The van der Waals surface area contributed by atoms with E-state index in [1.807, 2.05) is 18.2 Å². The first kappa shape index (κ1) is 12.2. The molecule has 0 radical (unpaired) electrons. The fourth-order valence-corrected chi connectivity index (χ4v) is 2.63. The third-order valence-electron chi connectivity index (χ3n) is 2.55. The lowest BCUT2D eigenvalue weighted by atomic mass is 10.0. The zero-order valence-electron chi connectivity index (χ0n) is 9.76. The van der Waals surface area contributed by atoms with Crippen molar-refractivity contribution in [2.45, 2.75) is 12.5 Å². The van der Waals surface area contributed by atoms with E-state index < -0.39 is 10.0 Å². The predicted octanol–water partition coefficient (Wildman–Crippen LogP) is 0.548. The van der Waals surface area contributed by atoms with E-state index in [4.69, 9.17) is 9.47 Å². The second-order valence-electron chi connectivity index (χ2n) is 4.08. The van der Waals surface area contributed by atoms with Crippen LogP contribution in [0.25, 0.3) is 0 Å². The fourth-order valence-electron chi connectivity index (χ4n) is 1.88. The van der Waals surface area contributed by atoms with Crippen LogP contribution in [-0.2, 0) is 16.4 Å². The number of ether oxygens (including phenoxy) is 2. The molecule has 1 aliphatic rings. The number of nitrogens with one attached hydrogen (secondary N) is 1. The van der Waals surface area contributed by atoms with Crippen LogP contribution in [0.2, 0.25) is 0 Å². The van der Waals surface area contributed by atoms with E-state index in [2.05, 4.69) is 4.72 Å². The van der Waals surface area contributed by atoms with Gasteiger partial charge in [-0.25, -0.2) is 13.1 Å². The topological polar surface area (TPSA) is 64.6 Å². The standard InChI is InChI=1S/C11H15NO4S/c1-15-10-3-4-11-8(6-10)5-9(7-16-11)12-17(2,13)14/h3-4,6,9,12H,5,7H2,1-2H3. The van der Waals surface area contributed by atoms with E-state index >= 15 is 0 Å². The third-order valence-corrected chi connectivity index (χ3v) is 3.32. The van der Waals surface area contributed by atoms with Gasteiger partial charge in [0.15, 0.2) is 0 Å². The minimum Gasteiger partial charge on any atom is -0.497 e. The molecule has 17 heavy (non-hydrogen) atoms. The van der Waals surface area contributed by atoms with Gasteiger partial charge >= 0.3 is 0 Å². The van der Waals surface area contributed by atoms with E-state index in [1.165, 1.54) is 0 Å². The molecule has 1 heterocycles. The fraction of sp³-hybridized carbons (Fsp3) is 0.455. The zero-order chi connectivity index (χ0) is 12.5. The smallest absolute Gasteiger partial charge is 0.209 e. The summed E-state index contributed by atoms with van der Waals surface area (Å²) in [5, 5.41) is 0. The molecule has 94 valence electrons. The summed E-state index contributed by atoms with van der Waals surface area (Å²) in [5.41, 5.74) is 0.955. The van der Waals surface area contributed by atoms with Gasteiger partial charge in [0.25, 0.3) is 0 Å². The molecular formula is C11H15NO4S. The van der Waals surface area contributed by atoms with Gasteiger partial charge in [-0.1, -0.05) is 0 Å². The molecule has 1 aromatic rings. The Labute approximate surface area is 101 Å². The first-order chi connectivity index (χ1) is 7.98. The zero-order valence-corrected chi connectivity index (χ0v) is 10.6. The molecule has 1 atom stereocenters. The molecule has 1 aliphatic heterocycles. The Balaban J connectivity index is 2.17. The molecule has 0 fully saturated rings. The summed E-state index contributed by atoms with van der Waals surface area (Å²) >= 11 is 0. The average molecular weight is 257 g/mol. The molecule has 5 nitrogen and oxygen atoms in total. The summed E-state index contributed by atoms with van der Waals surface area (Å²) in [6.07, 6.45) is 1.76. The van der Waals surface area contributed by atoms with Crippen molar-refractivity contribution < 1.29 is 17.9 Å². The molecule has 1 aromatic carbocycles. The van der Waals surface area contributed by atoms with Gasteiger partial charge in [-0.3, -0.25) is 0 Å². The number of hydrogen-bond acceptors (Lipinski definition) is 4. The number of rotatable bonds is 3. The van der Waals surface area contributed by atoms with E-state index in [9.17, 15) is 8.42 Å². The van der Waals surface area contributed by atoms with Crippen LogP contribution in [0, 0.1) is 0 Å². The number of sulfonamides is 1. The Morgan fingerprint density at radius 3 is 2.88 bits per heavy atom. The van der Waals surface area contributed by atoms with E-state index in [1.54, 1.807) is 7.11 Å². The first-order valence-electron chi connectivity index (χ1n) is 5.25. The second kappa shape index (κ2) is 4.54. The van der Waals surface area contributed by atoms with Gasteiger partial charge in [-0.15, -0.1) is 0 Å². The summed E-state index contributed by atoms with van der Waals surface area (Å²) in [5.74, 6) is 1.53. The maximum Gasteiger partial charge on any atom is 0.209 e. The van der Waals surface area contributed by atoms with Crippen LogP contribution in [0.1, 0.15) is 5.56 Å². The summed E-state index contributed by atoms with van der Waals surface area (Å²) in [6.45, 7) is 0.354. The van der Waals surface area contributed by atoms with Crippen molar-refractivity contribution in [2.24, 2.45) is 0 Å². The molecule has 0 saturated heterocycles. The normalized spacial score (nSPS) is 19.3.